The minimum absolute atomic E-state index is 0.151. The zero-order chi connectivity index (χ0) is 19.8. The summed E-state index contributed by atoms with van der Waals surface area (Å²) >= 11 is 0. The number of rotatable bonds is 4. The van der Waals surface area contributed by atoms with Gasteiger partial charge in [-0.15, -0.1) is 0 Å². The fourth-order valence-corrected chi connectivity index (χ4v) is 4.33. The summed E-state index contributed by atoms with van der Waals surface area (Å²) in [5.74, 6) is 1.13. The Morgan fingerprint density at radius 2 is 1.90 bits per heavy atom. The Morgan fingerprint density at radius 3 is 2.76 bits per heavy atom. The molecule has 29 heavy (non-hydrogen) atoms. The van der Waals surface area contributed by atoms with E-state index in [1.807, 2.05) is 48.5 Å². The minimum atomic E-state index is 0.151. The molecule has 1 aliphatic rings. The average molecular weight is 387 g/mol. The van der Waals surface area contributed by atoms with Crippen LogP contribution in [0.2, 0.25) is 0 Å². The molecule has 1 amide bonds. The van der Waals surface area contributed by atoms with Crippen LogP contribution in [0.25, 0.3) is 21.8 Å². The zero-order valence-electron chi connectivity index (χ0n) is 16.6. The maximum atomic E-state index is 12.8. The SMILES string of the molecule is Cn1ccc2c(OC3CCN(C(=O)Cc4c[nH]c5ccccc45)CC3)cccc21. The number of nitrogens with one attached hydrogen (secondary N) is 1. The van der Waals surface area contributed by atoms with Crippen molar-refractivity contribution in [1.82, 2.24) is 14.5 Å². The van der Waals surface area contributed by atoms with Gasteiger partial charge < -0.3 is 19.2 Å². The van der Waals surface area contributed by atoms with Crippen LogP contribution in [0, 0.1) is 0 Å². The molecule has 1 aliphatic heterocycles. The molecule has 0 saturated carbocycles. The van der Waals surface area contributed by atoms with Gasteiger partial charge in [-0.2, -0.15) is 0 Å². The lowest BCUT2D eigenvalue weighted by molar-refractivity contribution is -0.132. The summed E-state index contributed by atoms with van der Waals surface area (Å²) in [5, 5.41) is 2.28. The van der Waals surface area contributed by atoms with Gasteiger partial charge in [-0.1, -0.05) is 24.3 Å². The lowest BCUT2D eigenvalue weighted by Crippen LogP contribution is -2.42. The third-order valence-electron chi connectivity index (χ3n) is 5.99. The van der Waals surface area contributed by atoms with E-state index in [-0.39, 0.29) is 12.0 Å². The molecule has 2 aromatic heterocycles. The summed E-state index contributed by atoms with van der Waals surface area (Å²) in [6, 6.07) is 16.4. The molecule has 4 aromatic rings. The van der Waals surface area contributed by atoms with Crippen LogP contribution in [0.5, 0.6) is 5.75 Å². The van der Waals surface area contributed by atoms with Crippen molar-refractivity contribution in [3.05, 3.63) is 66.5 Å². The van der Waals surface area contributed by atoms with Crippen molar-refractivity contribution in [1.29, 1.82) is 0 Å². The first-order chi connectivity index (χ1) is 14.2. The molecule has 1 fully saturated rings. The summed E-state index contributed by atoms with van der Waals surface area (Å²) in [6.45, 7) is 1.49. The number of likely N-dealkylation sites (tertiary alicyclic amines) is 1. The largest absolute Gasteiger partial charge is 0.490 e. The van der Waals surface area contributed by atoms with Crippen LogP contribution < -0.4 is 4.74 Å². The monoisotopic (exact) mass is 387 g/mol. The second kappa shape index (κ2) is 7.32. The Kier molecular flexibility index (Phi) is 4.51. The predicted molar refractivity (Wildman–Crippen MR) is 115 cm³/mol. The van der Waals surface area contributed by atoms with E-state index in [1.54, 1.807) is 0 Å². The summed E-state index contributed by atoms with van der Waals surface area (Å²) in [6.07, 6.45) is 6.34. The minimum Gasteiger partial charge on any atom is -0.490 e. The smallest absolute Gasteiger partial charge is 0.227 e. The molecule has 0 aliphatic carbocycles. The van der Waals surface area contributed by atoms with Gasteiger partial charge in [0, 0.05) is 61.7 Å². The second-order valence-corrected chi connectivity index (χ2v) is 7.85. The van der Waals surface area contributed by atoms with Gasteiger partial charge in [0.15, 0.2) is 0 Å². The topological polar surface area (TPSA) is 50.3 Å². The number of nitrogens with zero attached hydrogens (tertiary/aromatic N) is 2. The van der Waals surface area contributed by atoms with E-state index in [2.05, 4.69) is 33.9 Å². The number of hydrogen-bond acceptors (Lipinski definition) is 2. The van der Waals surface area contributed by atoms with Crippen LogP contribution in [0.3, 0.4) is 0 Å². The fraction of sp³-hybridized carbons (Fsp3) is 0.292. The summed E-state index contributed by atoms with van der Waals surface area (Å²) in [7, 11) is 2.05. The lowest BCUT2D eigenvalue weighted by Gasteiger charge is -2.32. The van der Waals surface area contributed by atoms with Gasteiger partial charge in [0.25, 0.3) is 0 Å². The number of aryl methyl sites for hydroxylation is 1. The number of piperidine rings is 1. The number of carbonyl (C=O) groups excluding carboxylic acids is 1. The summed E-state index contributed by atoms with van der Waals surface area (Å²) < 4.78 is 8.42. The average Bonchev–Trinajstić information content (AvgIpc) is 3.33. The van der Waals surface area contributed by atoms with E-state index < -0.39 is 0 Å². The molecular weight excluding hydrogens is 362 g/mol. The number of para-hydroxylation sites is 1. The molecule has 0 unspecified atom stereocenters. The Morgan fingerprint density at radius 1 is 1.07 bits per heavy atom. The number of benzene rings is 2. The number of aromatic amines is 1. The number of aromatic nitrogens is 2. The van der Waals surface area contributed by atoms with E-state index in [4.69, 9.17) is 4.74 Å². The summed E-state index contributed by atoms with van der Waals surface area (Å²) in [5.41, 5.74) is 3.33. The molecular formula is C24H25N3O2. The molecule has 1 saturated heterocycles. The van der Waals surface area contributed by atoms with Crippen LogP contribution in [0.15, 0.2) is 60.9 Å². The van der Waals surface area contributed by atoms with Gasteiger partial charge in [-0.05, 0) is 29.8 Å². The molecule has 5 nitrogen and oxygen atoms in total. The molecule has 148 valence electrons. The van der Waals surface area contributed by atoms with Crippen molar-refractivity contribution in [3.63, 3.8) is 0 Å². The molecule has 0 atom stereocenters. The van der Waals surface area contributed by atoms with Crippen molar-refractivity contribution in [3.8, 4) is 5.75 Å². The zero-order valence-corrected chi connectivity index (χ0v) is 16.6. The molecule has 1 N–H and O–H groups in total. The maximum Gasteiger partial charge on any atom is 0.227 e. The molecule has 0 spiro atoms. The first-order valence-electron chi connectivity index (χ1n) is 10.2. The van der Waals surface area contributed by atoms with E-state index >= 15 is 0 Å². The normalized spacial score (nSPS) is 15.3. The van der Waals surface area contributed by atoms with Crippen LogP contribution >= 0.6 is 0 Å². The Labute approximate surface area is 169 Å². The van der Waals surface area contributed by atoms with Gasteiger partial charge in [-0.25, -0.2) is 0 Å². The molecule has 2 aromatic carbocycles. The van der Waals surface area contributed by atoms with E-state index in [9.17, 15) is 4.79 Å². The highest BCUT2D eigenvalue weighted by atomic mass is 16.5. The highest BCUT2D eigenvalue weighted by Gasteiger charge is 2.25. The van der Waals surface area contributed by atoms with Crippen molar-refractivity contribution >= 4 is 27.7 Å². The third kappa shape index (κ3) is 3.37. The molecule has 0 bridgehead atoms. The maximum absolute atomic E-state index is 12.8. The van der Waals surface area contributed by atoms with Crippen molar-refractivity contribution in [2.75, 3.05) is 13.1 Å². The highest BCUT2D eigenvalue weighted by Crippen LogP contribution is 2.29. The number of carbonyl (C=O) groups is 1. The van der Waals surface area contributed by atoms with Gasteiger partial charge in [0.1, 0.15) is 11.9 Å². The Balaban J connectivity index is 1.21. The Hall–Kier alpha value is -3.21. The van der Waals surface area contributed by atoms with Crippen molar-refractivity contribution < 1.29 is 9.53 Å². The Bertz CT molecular complexity index is 1170. The number of H-pyrrole nitrogens is 1. The van der Waals surface area contributed by atoms with E-state index in [0.29, 0.717) is 6.42 Å². The number of hydrogen-bond donors (Lipinski definition) is 1. The highest BCUT2D eigenvalue weighted by molar-refractivity contribution is 5.89. The van der Waals surface area contributed by atoms with Crippen molar-refractivity contribution in [2.45, 2.75) is 25.4 Å². The fourth-order valence-electron chi connectivity index (χ4n) is 4.33. The second-order valence-electron chi connectivity index (χ2n) is 7.85. The quantitative estimate of drug-likeness (QED) is 0.568. The molecule has 5 heteroatoms. The lowest BCUT2D eigenvalue weighted by atomic mass is 10.1. The van der Waals surface area contributed by atoms with Gasteiger partial charge in [0.05, 0.1) is 11.9 Å². The van der Waals surface area contributed by atoms with Crippen LogP contribution in [0.4, 0.5) is 0 Å². The van der Waals surface area contributed by atoms with Gasteiger partial charge in [0.2, 0.25) is 5.91 Å². The van der Waals surface area contributed by atoms with Crippen molar-refractivity contribution in [2.24, 2.45) is 7.05 Å². The third-order valence-corrected chi connectivity index (χ3v) is 5.99. The van der Waals surface area contributed by atoms with E-state index in [0.717, 1.165) is 53.5 Å². The molecule has 3 heterocycles. The van der Waals surface area contributed by atoms with E-state index in [1.165, 1.54) is 5.52 Å². The first kappa shape index (κ1) is 17.9. The standard InChI is InChI=1S/C24H25N3O2/c1-26-12-11-20-22(26)7-4-8-23(20)29-18-9-13-27(14-10-18)24(28)15-17-16-25-21-6-3-2-5-19(17)21/h2-8,11-12,16,18,25H,9-10,13-15H2,1H3. The van der Waals surface area contributed by atoms with Crippen LogP contribution in [-0.2, 0) is 18.3 Å². The first-order valence-corrected chi connectivity index (χ1v) is 10.2. The number of ether oxygens (including phenoxy) is 1. The number of amides is 1. The predicted octanol–water partition coefficient (Wildman–Crippen LogP) is 4.27. The number of fused-ring (bicyclic) bond motifs is 2. The van der Waals surface area contributed by atoms with Gasteiger partial charge >= 0.3 is 0 Å². The van der Waals surface area contributed by atoms with Gasteiger partial charge in [-0.3, -0.25) is 4.79 Å². The van der Waals surface area contributed by atoms with Crippen LogP contribution in [-0.4, -0.2) is 39.6 Å². The summed E-state index contributed by atoms with van der Waals surface area (Å²) in [4.78, 5) is 18.1. The van der Waals surface area contributed by atoms with Crippen LogP contribution in [0.1, 0.15) is 18.4 Å². The molecule has 0 radical (unpaired) electrons. The molecule has 5 rings (SSSR count).